The van der Waals surface area contributed by atoms with Gasteiger partial charge in [0.15, 0.2) is 0 Å². The molecule has 2 nitrogen and oxygen atoms in total. The molecule has 0 bridgehead atoms. The van der Waals surface area contributed by atoms with Crippen molar-refractivity contribution in [3.63, 3.8) is 0 Å². The number of nitrogens with one attached hydrogen (secondary N) is 1. The fourth-order valence-electron chi connectivity index (χ4n) is 2.98. The van der Waals surface area contributed by atoms with Crippen LogP contribution >= 0.6 is 11.8 Å². The Hall–Kier alpha value is 0.270. The van der Waals surface area contributed by atoms with Gasteiger partial charge >= 0.3 is 0 Å². The summed E-state index contributed by atoms with van der Waals surface area (Å²) in [4.78, 5) is 0. The molecule has 2 rings (SSSR count). The zero-order valence-electron chi connectivity index (χ0n) is 11.3. The second-order valence-corrected chi connectivity index (χ2v) is 7.02. The van der Waals surface area contributed by atoms with E-state index in [0.717, 1.165) is 6.61 Å². The van der Waals surface area contributed by atoms with Crippen LogP contribution in [-0.2, 0) is 4.74 Å². The molecule has 2 aliphatic rings. The summed E-state index contributed by atoms with van der Waals surface area (Å²) in [5, 5.41) is 3.81. The fourth-order valence-corrected chi connectivity index (χ4v) is 3.79. The molecule has 1 N–H and O–H groups in total. The van der Waals surface area contributed by atoms with Crippen LogP contribution in [0.5, 0.6) is 0 Å². The van der Waals surface area contributed by atoms with Gasteiger partial charge in [-0.2, -0.15) is 11.8 Å². The minimum Gasteiger partial charge on any atom is -0.375 e. The zero-order valence-corrected chi connectivity index (χ0v) is 12.2. The summed E-state index contributed by atoms with van der Waals surface area (Å²) in [5.74, 6) is 2.53. The van der Waals surface area contributed by atoms with Crippen LogP contribution in [0.25, 0.3) is 0 Å². The van der Waals surface area contributed by atoms with Crippen LogP contribution in [0.3, 0.4) is 0 Å². The van der Waals surface area contributed by atoms with Gasteiger partial charge in [-0.25, -0.2) is 0 Å². The Labute approximate surface area is 110 Å². The molecule has 0 amide bonds. The van der Waals surface area contributed by atoms with Crippen LogP contribution in [-0.4, -0.2) is 35.8 Å². The first-order valence-corrected chi connectivity index (χ1v) is 8.37. The molecule has 0 radical (unpaired) electrons. The summed E-state index contributed by atoms with van der Waals surface area (Å²) in [6.07, 6.45) is 7.71. The third kappa shape index (κ3) is 3.87. The van der Waals surface area contributed by atoms with Gasteiger partial charge in [0, 0.05) is 18.7 Å². The molecule has 17 heavy (non-hydrogen) atoms. The fraction of sp³-hybridized carbons (Fsp3) is 1.00. The predicted molar refractivity (Wildman–Crippen MR) is 75.8 cm³/mol. The number of hydrogen-bond acceptors (Lipinski definition) is 3. The normalized spacial score (nSPS) is 28.9. The SMILES string of the molecule is CCSCCC(C)NC1CCOC2(CCC2)C1. The highest BCUT2D eigenvalue weighted by Gasteiger charge is 2.42. The summed E-state index contributed by atoms with van der Waals surface area (Å²) in [6.45, 7) is 5.54. The lowest BCUT2D eigenvalue weighted by molar-refractivity contribution is -0.136. The van der Waals surface area contributed by atoms with Crippen molar-refractivity contribution in [1.29, 1.82) is 0 Å². The van der Waals surface area contributed by atoms with Gasteiger partial charge in [-0.05, 0) is 57.0 Å². The molecule has 1 aliphatic carbocycles. The van der Waals surface area contributed by atoms with Crippen molar-refractivity contribution in [2.24, 2.45) is 0 Å². The molecule has 0 aromatic carbocycles. The molecular formula is C14H27NOS. The smallest absolute Gasteiger partial charge is 0.0697 e. The van der Waals surface area contributed by atoms with Crippen LogP contribution < -0.4 is 5.32 Å². The van der Waals surface area contributed by atoms with Gasteiger partial charge in [-0.3, -0.25) is 0 Å². The Kier molecular flexibility index (Phi) is 5.19. The van der Waals surface area contributed by atoms with Crippen LogP contribution in [0.4, 0.5) is 0 Å². The summed E-state index contributed by atoms with van der Waals surface area (Å²) in [6, 6.07) is 1.36. The summed E-state index contributed by atoms with van der Waals surface area (Å²) in [7, 11) is 0. The van der Waals surface area contributed by atoms with Gasteiger partial charge in [0.05, 0.1) is 5.60 Å². The van der Waals surface area contributed by atoms with E-state index in [1.165, 1.54) is 50.0 Å². The van der Waals surface area contributed by atoms with E-state index in [1.807, 2.05) is 11.8 Å². The van der Waals surface area contributed by atoms with E-state index >= 15 is 0 Å². The lowest BCUT2D eigenvalue weighted by atomic mass is 9.74. The highest BCUT2D eigenvalue weighted by atomic mass is 32.2. The van der Waals surface area contributed by atoms with Crippen molar-refractivity contribution < 1.29 is 4.74 Å². The Balaban J connectivity index is 1.67. The first-order valence-electron chi connectivity index (χ1n) is 7.22. The minimum atomic E-state index is 0.286. The molecule has 2 fully saturated rings. The van der Waals surface area contributed by atoms with Crippen molar-refractivity contribution in [3.8, 4) is 0 Å². The lowest BCUT2D eigenvalue weighted by Crippen LogP contribution is -2.52. The van der Waals surface area contributed by atoms with Crippen LogP contribution in [0.1, 0.15) is 52.4 Å². The topological polar surface area (TPSA) is 21.3 Å². The molecule has 2 unspecified atom stereocenters. The maximum Gasteiger partial charge on any atom is 0.0697 e. The summed E-state index contributed by atoms with van der Waals surface area (Å²) in [5.41, 5.74) is 0.286. The van der Waals surface area contributed by atoms with Gasteiger partial charge in [0.25, 0.3) is 0 Å². The quantitative estimate of drug-likeness (QED) is 0.738. The average Bonchev–Trinajstić information content (AvgIpc) is 2.28. The van der Waals surface area contributed by atoms with E-state index in [0.29, 0.717) is 12.1 Å². The zero-order chi connectivity index (χ0) is 12.1. The molecule has 1 saturated heterocycles. The van der Waals surface area contributed by atoms with Crippen LogP contribution in [0.2, 0.25) is 0 Å². The van der Waals surface area contributed by atoms with Crippen molar-refractivity contribution in [2.45, 2.75) is 70.1 Å². The number of thioether (sulfide) groups is 1. The van der Waals surface area contributed by atoms with Gasteiger partial charge in [0.2, 0.25) is 0 Å². The van der Waals surface area contributed by atoms with Crippen molar-refractivity contribution in [3.05, 3.63) is 0 Å². The van der Waals surface area contributed by atoms with Gasteiger partial charge in [-0.15, -0.1) is 0 Å². The van der Waals surface area contributed by atoms with E-state index in [-0.39, 0.29) is 5.60 Å². The highest BCUT2D eigenvalue weighted by Crippen LogP contribution is 2.42. The van der Waals surface area contributed by atoms with Gasteiger partial charge < -0.3 is 10.1 Å². The van der Waals surface area contributed by atoms with Gasteiger partial charge in [0.1, 0.15) is 0 Å². The lowest BCUT2D eigenvalue weighted by Gasteiger charge is -2.47. The van der Waals surface area contributed by atoms with Crippen LogP contribution in [0, 0.1) is 0 Å². The number of hydrogen-bond donors (Lipinski definition) is 1. The third-order valence-corrected chi connectivity index (χ3v) is 5.11. The average molecular weight is 257 g/mol. The summed E-state index contributed by atoms with van der Waals surface area (Å²) >= 11 is 2.05. The van der Waals surface area contributed by atoms with Gasteiger partial charge in [-0.1, -0.05) is 6.92 Å². The van der Waals surface area contributed by atoms with Crippen molar-refractivity contribution >= 4 is 11.8 Å². The predicted octanol–water partition coefficient (Wildman–Crippen LogP) is 3.21. The van der Waals surface area contributed by atoms with E-state index in [4.69, 9.17) is 4.74 Å². The maximum atomic E-state index is 5.97. The molecular weight excluding hydrogens is 230 g/mol. The Morgan fingerprint density at radius 1 is 1.47 bits per heavy atom. The molecule has 1 heterocycles. The molecule has 1 spiro atoms. The standard InChI is InChI=1S/C14H27NOS/c1-3-17-10-6-12(2)15-13-5-9-16-14(11-13)7-4-8-14/h12-13,15H,3-11H2,1-2H3. The third-order valence-electron chi connectivity index (χ3n) is 4.18. The second-order valence-electron chi connectivity index (χ2n) is 5.63. The number of rotatable bonds is 6. The Morgan fingerprint density at radius 2 is 2.29 bits per heavy atom. The molecule has 1 saturated carbocycles. The Bertz CT molecular complexity index is 230. The second kappa shape index (κ2) is 6.44. The molecule has 100 valence electrons. The molecule has 1 aliphatic heterocycles. The minimum absolute atomic E-state index is 0.286. The first kappa shape index (κ1) is 13.7. The van der Waals surface area contributed by atoms with Crippen LogP contribution in [0.15, 0.2) is 0 Å². The first-order chi connectivity index (χ1) is 8.24. The Morgan fingerprint density at radius 3 is 2.94 bits per heavy atom. The van der Waals surface area contributed by atoms with E-state index in [9.17, 15) is 0 Å². The number of ether oxygens (including phenoxy) is 1. The molecule has 0 aromatic rings. The molecule has 3 heteroatoms. The molecule has 0 aromatic heterocycles. The maximum absolute atomic E-state index is 5.97. The monoisotopic (exact) mass is 257 g/mol. The van der Waals surface area contributed by atoms with E-state index in [1.54, 1.807) is 0 Å². The van der Waals surface area contributed by atoms with E-state index in [2.05, 4.69) is 19.2 Å². The van der Waals surface area contributed by atoms with Crippen molar-refractivity contribution in [2.75, 3.05) is 18.1 Å². The molecule has 2 atom stereocenters. The highest BCUT2D eigenvalue weighted by molar-refractivity contribution is 7.99. The summed E-state index contributed by atoms with van der Waals surface area (Å²) < 4.78 is 5.97. The van der Waals surface area contributed by atoms with Crippen molar-refractivity contribution in [1.82, 2.24) is 5.32 Å². The van der Waals surface area contributed by atoms with E-state index < -0.39 is 0 Å². The largest absolute Gasteiger partial charge is 0.375 e.